The molecule has 1 unspecified atom stereocenters. The fourth-order valence-electron chi connectivity index (χ4n) is 1.69. The van der Waals surface area contributed by atoms with E-state index in [9.17, 15) is 13.2 Å². The highest BCUT2D eigenvalue weighted by molar-refractivity contribution is 5.85. The third-order valence-corrected chi connectivity index (χ3v) is 2.48. The smallest absolute Gasteiger partial charge is 0.302 e. The summed E-state index contributed by atoms with van der Waals surface area (Å²) < 4.78 is 37.1. The summed E-state index contributed by atoms with van der Waals surface area (Å²) in [5, 5.41) is 2.49. The van der Waals surface area contributed by atoms with Gasteiger partial charge in [0.25, 0.3) is 0 Å². The van der Waals surface area contributed by atoms with Crippen LogP contribution in [0.25, 0.3) is 0 Å². The van der Waals surface area contributed by atoms with Gasteiger partial charge in [-0.25, -0.2) is 0 Å². The summed E-state index contributed by atoms with van der Waals surface area (Å²) in [5.41, 5.74) is 1.77. The van der Waals surface area contributed by atoms with Crippen LogP contribution in [0.1, 0.15) is 11.1 Å². The van der Waals surface area contributed by atoms with E-state index in [2.05, 4.69) is 5.32 Å². The molecule has 1 aliphatic heterocycles. The predicted octanol–water partition coefficient (Wildman–Crippen LogP) is 2.69. The van der Waals surface area contributed by atoms with Crippen LogP contribution in [-0.4, -0.2) is 12.2 Å². The van der Waals surface area contributed by atoms with Gasteiger partial charge in [0.1, 0.15) is 6.04 Å². The van der Waals surface area contributed by atoms with Gasteiger partial charge in [-0.3, -0.25) is 0 Å². The van der Waals surface area contributed by atoms with Crippen LogP contribution in [0.15, 0.2) is 24.3 Å². The molecule has 5 heteroatoms. The van der Waals surface area contributed by atoms with Gasteiger partial charge in [-0.05, 0) is 17.5 Å². The third-order valence-electron chi connectivity index (χ3n) is 2.48. The van der Waals surface area contributed by atoms with Crippen molar-refractivity contribution in [2.45, 2.75) is 25.2 Å². The standard InChI is InChI=1S/C10H10F3N.ClH/c11-10(12,13)9-5-7-3-1-2-4-8(7)6-14-9;/h1-4,9,14H,5-6H2;1H. The third kappa shape index (κ3) is 2.63. The van der Waals surface area contributed by atoms with Crippen molar-refractivity contribution in [1.29, 1.82) is 0 Å². The molecule has 0 fully saturated rings. The molecule has 1 aromatic rings. The molecule has 0 aliphatic carbocycles. The molecule has 1 aromatic carbocycles. The van der Waals surface area contributed by atoms with Crippen LogP contribution in [0.3, 0.4) is 0 Å². The number of nitrogens with one attached hydrogen (secondary N) is 1. The van der Waals surface area contributed by atoms with E-state index < -0.39 is 12.2 Å². The maximum Gasteiger partial charge on any atom is 0.404 e. The topological polar surface area (TPSA) is 12.0 Å². The monoisotopic (exact) mass is 237 g/mol. The molecule has 0 saturated carbocycles. The quantitative estimate of drug-likeness (QED) is 0.732. The largest absolute Gasteiger partial charge is 0.404 e. The number of halogens is 4. The number of hydrogen-bond acceptors (Lipinski definition) is 1. The van der Waals surface area contributed by atoms with Crippen LogP contribution in [-0.2, 0) is 13.0 Å². The van der Waals surface area contributed by atoms with Gasteiger partial charge in [-0.15, -0.1) is 12.4 Å². The first kappa shape index (κ1) is 12.3. The van der Waals surface area contributed by atoms with Crippen molar-refractivity contribution in [3.63, 3.8) is 0 Å². The lowest BCUT2D eigenvalue weighted by molar-refractivity contribution is -0.157. The van der Waals surface area contributed by atoms with Crippen molar-refractivity contribution in [2.75, 3.05) is 0 Å². The minimum absolute atomic E-state index is 0. The zero-order valence-electron chi connectivity index (χ0n) is 7.84. The molecule has 0 saturated heterocycles. The Balaban J connectivity index is 0.00000112. The second-order valence-corrected chi connectivity index (χ2v) is 3.45. The Labute approximate surface area is 92.1 Å². The first-order valence-corrected chi connectivity index (χ1v) is 4.44. The molecule has 1 atom stereocenters. The SMILES string of the molecule is Cl.FC(F)(F)C1Cc2ccccc2CN1. The summed E-state index contributed by atoms with van der Waals surface area (Å²) in [6.07, 6.45) is -4.10. The van der Waals surface area contributed by atoms with E-state index in [0.717, 1.165) is 11.1 Å². The molecule has 2 rings (SSSR count). The first-order valence-electron chi connectivity index (χ1n) is 4.44. The predicted molar refractivity (Wildman–Crippen MR) is 54.1 cm³/mol. The Morgan fingerprint density at radius 2 is 1.73 bits per heavy atom. The van der Waals surface area contributed by atoms with Crippen molar-refractivity contribution in [2.24, 2.45) is 0 Å². The molecule has 1 aliphatic rings. The number of hydrogen-bond donors (Lipinski definition) is 1. The number of alkyl halides is 3. The summed E-state index contributed by atoms with van der Waals surface area (Å²) in [4.78, 5) is 0. The second-order valence-electron chi connectivity index (χ2n) is 3.45. The van der Waals surface area contributed by atoms with Crippen LogP contribution in [0, 0.1) is 0 Å². The highest BCUT2D eigenvalue weighted by Crippen LogP contribution is 2.27. The highest BCUT2D eigenvalue weighted by Gasteiger charge is 2.40. The summed E-state index contributed by atoms with van der Waals surface area (Å²) in [6, 6.07) is 5.84. The lowest BCUT2D eigenvalue weighted by Crippen LogP contribution is -2.46. The molecule has 15 heavy (non-hydrogen) atoms. The van der Waals surface area contributed by atoms with Gasteiger partial charge in [-0.1, -0.05) is 24.3 Å². The van der Waals surface area contributed by atoms with E-state index in [4.69, 9.17) is 0 Å². The zero-order valence-corrected chi connectivity index (χ0v) is 8.66. The van der Waals surface area contributed by atoms with Crippen molar-refractivity contribution in [1.82, 2.24) is 5.32 Å². The van der Waals surface area contributed by atoms with Gasteiger partial charge in [0, 0.05) is 6.54 Å². The van der Waals surface area contributed by atoms with E-state index in [1.54, 1.807) is 12.1 Å². The molecule has 0 aromatic heterocycles. The highest BCUT2D eigenvalue weighted by atomic mass is 35.5. The number of benzene rings is 1. The van der Waals surface area contributed by atoms with E-state index in [-0.39, 0.29) is 18.8 Å². The van der Waals surface area contributed by atoms with Crippen molar-refractivity contribution in [3.8, 4) is 0 Å². The second kappa shape index (κ2) is 4.41. The van der Waals surface area contributed by atoms with Gasteiger partial charge >= 0.3 is 6.18 Å². The first-order chi connectivity index (χ1) is 6.57. The zero-order chi connectivity index (χ0) is 10.2. The van der Waals surface area contributed by atoms with Crippen molar-refractivity contribution in [3.05, 3.63) is 35.4 Å². The summed E-state index contributed by atoms with van der Waals surface area (Å²) in [5.74, 6) is 0. The molecule has 0 spiro atoms. The van der Waals surface area contributed by atoms with Gasteiger partial charge in [0.2, 0.25) is 0 Å². The van der Waals surface area contributed by atoms with Gasteiger partial charge < -0.3 is 5.32 Å². The summed E-state index contributed by atoms with van der Waals surface area (Å²) in [6.45, 7) is 0.306. The maximum absolute atomic E-state index is 12.4. The normalized spacial score (nSPS) is 20.3. The lowest BCUT2D eigenvalue weighted by Gasteiger charge is -2.27. The Morgan fingerprint density at radius 3 is 2.33 bits per heavy atom. The van der Waals surface area contributed by atoms with Gasteiger partial charge in [0.05, 0.1) is 0 Å². The molecule has 0 bridgehead atoms. The molecular formula is C10H11ClF3N. The van der Waals surface area contributed by atoms with Crippen LogP contribution in [0.4, 0.5) is 13.2 Å². The van der Waals surface area contributed by atoms with E-state index in [1.807, 2.05) is 12.1 Å². The molecule has 84 valence electrons. The van der Waals surface area contributed by atoms with Gasteiger partial charge in [-0.2, -0.15) is 13.2 Å². The van der Waals surface area contributed by atoms with Crippen molar-refractivity contribution < 1.29 is 13.2 Å². The van der Waals surface area contributed by atoms with E-state index in [1.165, 1.54) is 0 Å². The van der Waals surface area contributed by atoms with Crippen LogP contribution < -0.4 is 5.32 Å². The summed E-state index contributed by atoms with van der Waals surface area (Å²) >= 11 is 0. The Hall–Kier alpha value is -0.740. The summed E-state index contributed by atoms with van der Waals surface area (Å²) in [7, 11) is 0. The molecule has 0 radical (unpaired) electrons. The molecular weight excluding hydrogens is 227 g/mol. The molecule has 1 heterocycles. The van der Waals surface area contributed by atoms with Gasteiger partial charge in [0.15, 0.2) is 0 Å². The number of fused-ring (bicyclic) bond motifs is 1. The van der Waals surface area contributed by atoms with Crippen molar-refractivity contribution >= 4 is 12.4 Å². The van der Waals surface area contributed by atoms with E-state index in [0.29, 0.717) is 6.54 Å². The molecule has 1 N–H and O–H groups in total. The maximum atomic E-state index is 12.4. The van der Waals surface area contributed by atoms with E-state index >= 15 is 0 Å². The molecule has 1 nitrogen and oxygen atoms in total. The minimum atomic E-state index is -4.15. The Kier molecular flexibility index (Phi) is 3.62. The average Bonchev–Trinajstić information content (AvgIpc) is 2.16. The van der Waals surface area contributed by atoms with Crippen LogP contribution >= 0.6 is 12.4 Å². The van der Waals surface area contributed by atoms with Crippen LogP contribution in [0.2, 0.25) is 0 Å². The fraction of sp³-hybridized carbons (Fsp3) is 0.400. The average molecular weight is 238 g/mol. The Morgan fingerprint density at radius 1 is 1.13 bits per heavy atom. The number of rotatable bonds is 0. The lowest BCUT2D eigenvalue weighted by atomic mass is 9.96. The Bertz CT molecular complexity index is 338. The minimum Gasteiger partial charge on any atom is -0.302 e. The van der Waals surface area contributed by atoms with Crippen LogP contribution in [0.5, 0.6) is 0 Å². The molecule has 0 amide bonds. The fourth-order valence-corrected chi connectivity index (χ4v) is 1.69.